The molecule has 2 N–H and O–H groups in total. The first kappa shape index (κ1) is 16.6. The molecule has 0 fully saturated rings. The van der Waals surface area contributed by atoms with E-state index in [0.29, 0.717) is 5.56 Å². The van der Waals surface area contributed by atoms with E-state index in [1.54, 1.807) is 18.2 Å². The first-order valence-electron chi connectivity index (χ1n) is 6.49. The maximum atomic E-state index is 13.7. The topological polar surface area (TPSA) is 57.5 Å². The van der Waals surface area contributed by atoms with Crippen molar-refractivity contribution < 1.29 is 23.1 Å². The SMILES string of the molecule is Cc1ccccc1/C=C\c1cccc(C(F)(F)P(=O)(O)O)c1. The van der Waals surface area contributed by atoms with E-state index in [9.17, 15) is 13.3 Å². The van der Waals surface area contributed by atoms with Crippen LogP contribution in [-0.4, -0.2) is 9.79 Å². The second-order valence-corrected chi connectivity index (χ2v) is 6.55. The third-order valence-corrected chi connectivity index (χ3v) is 4.23. The second kappa shape index (κ2) is 6.13. The van der Waals surface area contributed by atoms with Crippen LogP contribution < -0.4 is 0 Å². The second-order valence-electron chi connectivity index (χ2n) is 4.90. The van der Waals surface area contributed by atoms with Gasteiger partial charge in [-0.1, -0.05) is 54.6 Å². The zero-order chi connectivity index (χ0) is 16.4. The molecule has 0 unspecified atom stereocenters. The van der Waals surface area contributed by atoms with Crippen molar-refractivity contribution >= 4 is 19.7 Å². The molecule has 2 aromatic carbocycles. The Bertz CT molecular complexity index is 751. The highest BCUT2D eigenvalue weighted by Crippen LogP contribution is 2.59. The molecule has 22 heavy (non-hydrogen) atoms. The van der Waals surface area contributed by atoms with Crippen molar-refractivity contribution in [2.24, 2.45) is 0 Å². The van der Waals surface area contributed by atoms with Gasteiger partial charge in [-0.25, -0.2) is 0 Å². The molecule has 0 aliphatic heterocycles. The first-order valence-corrected chi connectivity index (χ1v) is 8.11. The van der Waals surface area contributed by atoms with Crippen LogP contribution in [0.25, 0.3) is 12.2 Å². The number of alkyl halides is 2. The van der Waals surface area contributed by atoms with Gasteiger partial charge in [0.15, 0.2) is 0 Å². The third-order valence-electron chi connectivity index (χ3n) is 3.24. The van der Waals surface area contributed by atoms with E-state index < -0.39 is 18.8 Å². The summed E-state index contributed by atoms with van der Waals surface area (Å²) in [6.45, 7) is 1.93. The molecule has 0 atom stereocenters. The van der Waals surface area contributed by atoms with Crippen LogP contribution in [0.15, 0.2) is 48.5 Å². The van der Waals surface area contributed by atoms with Gasteiger partial charge in [0, 0.05) is 5.56 Å². The summed E-state index contributed by atoms with van der Waals surface area (Å²) in [5.41, 5.74) is -2.48. The van der Waals surface area contributed by atoms with Crippen LogP contribution in [0.3, 0.4) is 0 Å². The van der Waals surface area contributed by atoms with Gasteiger partial charge in [0.1, 0.15) is 0 Å². The van der Waals surface area contributed by atoms with Crippen molar-refractivity contribution in [2.75, 3.05) is 0 Å². The van der Waals surface area contributed by atoms with Crippen LogP contribution in [0, 0.1) is 6.92 Å². The molecule has 0 spiro atoms. The molecule has 0 radical (unpaired) electrons. The monoisotopic (exact) mass is 324 g/mol. The fourth-order valence-electron chi connectivity index (χ4n) is 1.96. The van der Waals surface area contributed by atoms with E-state index in [1.807, 2.05) is 31.2 Å². The standard InChI is InChI=1S/C16H15F2O3P/c1-12-5-2-3-7-14(12)10-9-13-6-4-8-15(11-13)16(17,18)22(19,20)21/h2-11H,1H3,(H2,19,20,21)/b10-9-. The van der Waals surface area contributed by atoms with Crippen molar-refractivity contribution in [1.29, 1.82) is 0 Å². The summed E-state index contributed by atoms with van der Waals surface area (Å²) in [4.78, 5) is 17.6. The molecule has 0 saturated heterocycles. The molecule has 116 valence electrons. The van der Waals surface area contributed by atoms with Crippen LogP contribution >= 0.6 is 7.60 Å². The van der Waals surface area contributed by atoms with Gasteiger partial charge in [0.25, 0.3) is 0 Å². The average molecular weight is 324 g/mol. The normalized spacial score (nSPS) is 12.8. The van der Waals surface area contributed by atoms with Crippen LogP contribution in [0.1, 0.15) is 22.3 Å². The lowest BCUT2D eigenvalue weighted by Crippen LogP contribution is -2.13. The Morgan fingerprint density at radius 2 is 1.73 bits per heavy atom. The fraction of sp³-hybridized carbons (Fsp3) is 0.125. The molecule has 0 aliphatic carbocycles. The minimum absolute atomic E-state index is 0.439. The molecule has 6 heteroatoms. The molecule has 0 aromatic heterocycles. The third kappa shape index (κ3) is 3.50. The van der Waals surface area contributed by atoms with E-state index in [1.165, 1.54) is 6.07 Å². The largest absolute Gasteiger partial charge is 0.399 e. The van der Waals surface area contributed by atoms with Crippen LogP contribution in [-0.2, 0) is 10.2 Å². The van der Waals surface area contributed by atoms with Crippen molar-refractivity contribution in [3.8, 4) is 0 Å². The fourth-order valence-corrected chi connectivity index (χ4v) is 2.43. The van der Waals surface area contributed by atoms with Gasteiger partial charge in [-0.2, -0.15) is 8.78 Å². The summed E-state index contributed by atoms with van der Waals surface area (Å²) in [5, 5.41) is 0. The van der Waals surface area contributed by atoms with E-state index in [-0.39, 0.29) is 0 Å². The van der Waals surface area contributed by atoms with E-state index in [4.69, 9.17) is 9.79 Å². The maximum absolute atomic E-state index is 13.7. The number of benzene rings is 2. The molecule has 0 bridgehead atoms. The summed E-state index contributed by atoms with van der Waals surface area (Å²) in [5.74, 6) is 0. The Balaban J connectivity index is 2.34. The lowest BCUT2D eigenvalue weighted by atomic mass is 10.1. The zero-order valence-corrected chi connectivity index (χ0v) is 12.7. The van der Waals surface area contributed by atoms with E-state index in [0.717, 1.165) is 23.3 Å². The molecular formula is C16H15F2O3P. The van der Waals surface area contributed by atoms with Gasteiger partial charge in [0.05, 0.1) is 0 Å². The predicted molar refractivity (Wildman–Crippen MR) is 82.5 cm³/mol. The van der Waals surface area contributed by atoms with Crippen molar-refractivity contribution in [1.82, 2.24) is 0 Å². The highest BCUT2D eigenvalue weighted by molar-refractivity contribution is 7.52. The van der Waals surface area contributed by atoms with Gasteiger partial charge in [-0.3, -0.25) is 4.57 Å². The molecular weight excluding hydrogens is 309 g/mol. The molecule has 0 aliphatic rings. The Kier molecular flexibility index (Phi) is 4.61. The molecule has 0 saturated carbocycles. The lowest BCUT2D eigenvalue weighted by molar-refractivity contribution is 0.0564. The summed E-state index contributed by atoms with van der Waals surface area (Å²) in [7, 11) is -5.55. The van der Waals surface area contributed by atoms with Crippen LogP contribution in [0.5, 0.6) is 0 Å². The summed E-state index contributed by atoms with van der Waals surface area (Å²) in [6.07, 6.45) is 3.39. The van der Waals surface area contributed by atoms with Crippen LogP contribution in [0.4, 0.5) is 8.78 Å². The molecule has 2 aromatic rings. The molecule has 2 rings (SSSR count). The van der Waals surface area contributed by atoms with Gasteiger partial charge in [-0.15, -0.1) is 0 Å². The molecule has 0 amide bonds. The van der Waals surface area contributed by atoms with Crippen molar-refractivity contribution in [2.45, 2.75) is 12.6 Å². The maximum Gasteiger partial charge on any atom is 0.399 e. The average Bonchev–Trinajstić information content (AvgIpc) is 2.45. The summed E-state index contributed by atoms with van der Waals surface area (Å²) < 4.78 is 38.3. The quantitative estimate of drug-likeness (QED) is 0.648. The van der Waals surface area contributed by atoms with Crippen LogP contribution in [0.2, 0.25) is 0 Å². The number of aryl methyl sites for hydroxylation is 1. The smallest absolute Gasteiger partial charge is 0.320 e. The molecule has 3 nitrogen and oxygen atoms in total. The van der Waals surface area contributed by atoms with Gasteiger partial charge < -0.3 is 9.79 Å². The van der Waals surface area contributed by atoms with Gasteiger partial charge in [0.2, 0.25) is 0 Å². The first-order chi connectivity index (χ1) is 10.2. The predicted octanol–water partition coefficient (Wildman–Crippen LogP) is 4.39. The Hall–Kier alpha value is -1.81. The number of rotatable bonds is 4. The Labute approximate surface area is 127 Å². The molecule has 0 heterocycles. The number of halogens is 2. The van der Waals surface area contributed by atoms with Gasteiger partial charge in [-0.05, 0) is 29.7 Å². The summed E-state index contributed by atoms with van der Waals surface area (Å²) in [6, 6.07) is 12.6. The number of hydrogen-bond acceptors (Lipinski definition) is 1. The van der Waals surface area contributed by atoms with Crippen molar-refractivity contribution in [3.63, 3.8) is 0 Å². The van der Waals surface area contributed by atoms with E-state index >= 15 is 0 Å². The lowest BCUT2D eigenvalue weighted by Gasteiger charge is -2.18. The highest BCUT2D eigenvalue weighted by Gasteiger charge is 2.50. The minimum Gasteiger partial charge on any atom is -0.320 e. The summed E-state index contributed by atoms with van der Waals surface area (Å²) >= 11 is 0. The Morgan fingerprint density at radius 1 is 1.05 bits per heavy atom. The van der Waals surface area contributed by atoms with Crippen molar-refractivity contribution in [3.05, 3.63) is 70.8 Å². The zero-order valence-electron chi connectivity index (χ0n) is 11.8. The van der Waals surface area contributed by atoms with Gasteiger partial charge >= 0.3 is 13.3 Å². The Morgan fingerprint density at radius 3 is 2.36 bits per heavy atom. The minimum atomic E-state index is -5.55. The number of hydrogen-bond donors (Lipinski definition) is 2. The highest BCUT2D eigenvalue weighted by atomic mass is 31.2. The van der Waals surface area contributed by atoms with E-state index in [2.05, 4.69) is 0 Å².